The van der Waals surface area contributed by atoms with Crippen molar-refractivity contribution in [3.63, 3.8) is 0 Å². The van der Waals surface area contributed by atoms with E-state index in [9.17, 15) is 4.79 Å². The van der Waals surface area contributed by atoms with Gasteiger partial charge in [-0.3, -0.25) is 19.3 Å². The number of piperidine rings is 1. The van der Waals surface area contributed by atoms with Gasteiger partial charge in [-0.05, 0) is 51.1 Å². The summed E-state index contributed by atoms with van der Waals surface area (Å²) in [7, 11) is 0. The van der Waals surface area contributed by atoms with Crippen molar-refractivity contribution in [3.8, 4) is 0 Å². The molecular formula is C20H30N4O6S. The minimum atomic E-state index is -0.268. The van der Waals surface area contributed by atoms with Crippen molar-refractivity contribution >= 4 is 36.5 Å². The van der Waals surface area contributed by atoms with E-state index in [0.717, 1.165) is 63.0 Å². The lowest BCUT2D eigenvalue weighted by Crippen LogP contribution is -2.43. The molecule has 1 spiro atoms. The quantitative estimate of drug-likeness (QED) is 0.297. The van der Waals surface area contributed by atoms with Gasteiger partial charge in [0.15, 0.2) is 5.16 Å². The lowest BCUT2D eigenvalue weighted by molar-refractivity contribution is -0.150. The van der Waals surface area contributed by atoms with Crippen molar-refractivity contribution in [1.82, 2.24) is 14.9 Å². The number of anilines is 1. The maximum atomic E-state index is 12.6. The first kappa shape index (κ1) is 24.9. The number of carbonyl (C=O) groups is 3. The second-order valence-corrected chi connectivity index (χ2v) is 8.39. The molecule has 31 heavy (non-hydrogen) atoms. The van der Waals surface area contributed by atoms with Crippen LogP contribution in [0.25, 0.3) is 0 Å². The summed E-state index contributed by atoms with van der Waals surface area (Å²) >= 11 is 1.55. The Kier molecular flexibility index (Phi) is 9.99. The van der Waals surface area contributed by atoms with Gasteiger partial charge in [0.25, 0.3) is 12.9 Å². The predicted molar refractivity (Wildman–Crippen MR) is 115 cm³/mol. The van der Waals surface area contributed by atoms with Crippen molar-refractivity contribution in [2.45, 2.75) is 43.4 Å². The Morgan fingerprint density at radius 3 is 2.39 bits per heavy atom. The summed E-state index contributed by atoms with van der Waals surface area (Å²) < 4.78 is 5.77. The standard InChI is InChI=1S/C18H26N4O2S.2CH2O2/c1-25-17-19-7-4-15(20-17)22-10-5-18(6-11-22)12-14(24-16(18)23)13-21-8-2-3-9-21;2*2-1-3/h4,7,14H,2-3,5-6,8-13H2,1H3;2*1H,(H,2,3). The maximum Gasteiger partial charge on any atom is 0.312 e. The molecule has 0 aliphatic carbocycles. The largest absolute Gasteiger partial charge is 0.483 e. The molecule has 3 aliphatic rings. The Hall–Kier alpha value is -2.40. The highest BCUT2D eigenvalue weighted by atomic mass is 32.2. The van der Waals surface area contributed by atoms with Crippen LogP contribution >= 0.6 is 11.8 Å². The van der Waals surface area contributed by atoms with Gasteiger partial charge in [0.2, 0.25) is 0 Å². The molecule has 1 aromatic rings. The summed E-state index contributed by atoms with van der Waals surface area (Å²) in [6, 6.07) is 1.96. The van der Waals surface area contributed by atoms with Crippen molar-refractivity contribution < 1.29 is 29.3 Å². The topological polar surface area (TPSA) is 133 Å². The smallest absolute Gasteiger partial charge is 0.312 e. The highest BCUT2D eigenvalue weighted by Gasteiger charge is 2.50. The summed E-state index contributed by atoms with van der Waals surface area (Å²) in [6.45, 7) is 4.44. The number of hydrogen-bond donors (Lipinski definition) is 2. The molecule has 1 unspecified atom stereocenters. The Labute approximate surface area is 186 Å². The van der Waals surface area contributed by atoms with Gasteiger partial charge in [0, 0.05) is 32.3 Å². The summed E-state index contributed by atoms with van der Waals surface area (Å²) in [5.41, 5.74) is -0.268. The Morgan fingerprint density at radius 1 is 1.19 bits per heavy atom. The second kappa shape index (κ2) is 12.5. The number of thioether (sulfide) groups is 1. The van der Waals surface area contributed by atoms with Gasteiger partial charge in [-0.1, -0.05) is 11.8 Å². The number of likely N-dealkylation sites (tertiary alicyclic amines) is 1. The lowest BCUT2D eigenvalue weighted by atomic mass is 9.76. The molecular weight excluding hydrogens is 424 g/mol. The van der Waals surface area contributed by atoms with E-state index in [1.807, 2.05) is 18.5 Å². The van der Waals surface area contributed by atoms with Crippen LogP contribution in [-0.2, 0) is 19.1 Å². The Morgan fingerprint density at radius 2 is 1.81 bits per heavy atom. The number of ether oxygens (including phenoxy) is 1. The maximum absolute atomic E-state index is 12.6. The fraction of sp³-hybridized carbons (Fsp3) is 0.650. The molecule has 3 fully saturated rings. The molecule has 3 saturated heterocycles. The van der Waals surface area contributed by atoms with Crippen LogP contribution in [0.4, 0.5) is 5.82 Å². The lowest BCUT2D eigenvalue weighted by Gasteiger charge is -2.37. The minimum Gasteiger partial charge on any atom is -0.483 e. The molecule has 4 heterocycles. The van der Waals surface area contributed by atoms with E-state index in [1.165, 1.54) is 12.8 Å². The molecule has 3 aliphatic heterocycles. The number of cyclic esters (lactones) is 1. The SMILES string of the molecule is CSc1nccc(N2CCC3(CC2)CC(CN2CCCC2)OC3=O)n1.O=CO.O=CO. The molecule has 2 N–H and O–H groups in total. The molecule has 1 aromatic heterocycles. The number of carboxylic acid groups (broad SMARTS) is 2. The zero-order valence-electron chi connectivity index (χ0n) is 17.7. The number of carbonyl (C=O) groups excluding carboxylic acids is 1. The number of esters is 1. The van der Waals surface area contributed by atoms with Crippen LogP contribution in [0.15, 0.2) is 17.4 Å². The molecule has 172 valence electrons. The van der Waals surface area contributed by atoms with Crippen LogP contribution in [0.3, 0.4) is 0 Å². The van der Waals surface area contributed by atoms with Crippen LogP contribution < -0.4 is 4.90 Å². The van der Waals surface area contributed by atoms with E-state index in [2.05, 4.69) is 19.8 Å². The zero-order chi connectivity index (χ0) is 22.7. The number of hydrogen-bond acceptors (Lipinski definition) is 9. The van der Waals surface area contributed by atoms with E-state index >= 15 is 0 Å². The first-order valence-corrected chi connectivity index (χ1v) is 11.5. The summed E-state index contributed by atoms with van der Waals surface area (Å²) in [4.78, 5) is 42.9. The predicted octanol–water partition coefficient (Wildman–Crippen LogP) is 1.60. The fourth-order valence-corrected chi connectivity index (χ4v) is 4.72. The van der Waals surface area contributed by atoms with Crippen molar-refractivity contribution in [2.24, 2.45) is 5.41 Å². The van der Waals surface area contributed by atoms with Crippen molar-refractivity contribution in [1.29, 1.82) is 0 Å². The van der Waals surface area contributed by atoms with Crippen molar-refractivity contribution in [3.05, 3.63) is 12.3 Å². The molecule has 0 bridgehead atoms. The third kappa shape index (κ3) is 6.79. The summed E-state index contributed by atoms with van der Waals surface area (Å²) in [6.07, 6.45) is 9.04. The van der Waals surface area contributed by atoms with Gasteiger partial charge in [-0.15, -0.1) is 0 Å². The molecule has 10 nitrogen and oxygen atoms in total. The Balaban J connectivity index is 0.000000513. The molecule has 0 amide bonds. The highest BCUT2D eigenvalue weighted by Crippen LogP contribution is 2.44. The van der Waals surface area contributed by atoms with E-state index < -0.39 is 0 Å². The normalized spacial score (nSPS) is 22.0. The third-order valence-electron chi connectivity index (χ3n) is 5.83. The molecule has 0 saturated carbocycles. The number of aromatic nitrogens is 2. The highest BCUT2D eigenvalue weighted by molar-refractivity contribution is 7.98. The minimum absolute atomic E-state index is 0.0313. The fourth-order valence-electron chi connectivity index (χ4n) is 4.37. The van der Waals surface area contributed by atoms with E-state index in [-0.39, 0.29) is 30.4 Å². The van der Waals surface area contributed by atoms with Crippen LogP contribution in [-0.4, -0.2) is 89.1 Å². The van der Waals surface area contributed by atoms with Gasteiger partial charge in [0.05, 0.1) is 5.41 Å². The number of rotatable bonds is 4. The summed E-state index contributed by atoms with van der Waals surface area (Å²) in [5, 5.41) is 14.6. The average Bonchev–Trinajstić information content (AvgIpc) is 3.38. The van der Waals surface area contributed by atoms with Crippen molar-refractivity contribution in [2.75, 3.05) is 43.9 Å². The molecule has 4 rings (SSSR count). The molecule has 11 heteroatoms. The van der Waals surface area contributed by atoms with Gasteiger partial charge in [-0.25, -0.2) is 9.97 Å². The monoisotopic (exact) mass is 454 g/mol. The first-order chi connectivity index (χ1) is 15.0. The van der Waals surface area contributed by atoms with E-state index in [1.54, 1.807) is 11.8 Å². The third-order valence-corrected chi connectivity index (χ3v) is 6.39. The number of nitrogens with zero attached hydrogens (tertiary/aromatic N) is 4. The molecule has 0 aromatic carbocycles. The van der Waals surface area contributed by atoms with Gasteiger partial charge >= 0.3 is 5.97 Å². The summed E-state index contributed by atoms with van der Waals surface area (Å²) in [5.74, 6) is 0.998. The molecule has 1 atom stereocenters. The van der Waals surface area contributed by atoms with Crippen LogP contribution in [0.5, 0.6) is 0 Å². The average molecular weight is 455 g/mol. The van der Waals surface area contributed by atoms with Gasteiger partial charge in [0.1, 0.15) is 11.9 Å². The molecule has 0 radical (unpaired) electrons. The van der Waals surface area contributed by atoms with Crippen LogP contribution in [0, 0.1) is 5.41 Å². The first-order valence-electron chi connectivity index (χ1n) is 10.2. The van der Waals surface area contributed by atoms with Gasteiger partial charge < -0.3 is 19.8 Å². The Bertz CT molecular complexity index is 717. The second-order valence-electron chi connectivity index (χ2n) is 7.62. The van der Waals surface area contributed by atoms with E-state index in [4.69, 9.17) is 24.5 Å². The zero-order valence-corrected chi connectivity index (χ0v) is 18.5. The van der Waals surface area contributed by atoms with E-state index in [0.29, 0.717) is 0 Å². The van der Waals surface area contributed by atoms with Crippen LogP contribution in [0.1, 0.15) is 32.1 Å². The van der Waals surface area contributed by atoms with Gasteiger partial charge in [-0.2, -0.15) is 0 Å². The van der Waals surface area contributed by atoms with Crippen LogP contribution in [0.2, 0.25) is 0 Å².